The highest BCUT2D eigenvalue weighted by atomic mass is 16.1. The van der Waals surface area contributed by atoms with Gasteiger partial charge in [-0.05, 0) is 19.3 Å². The maximum Gasteiger partial charge on any atom is 0.157 e. The van der Waals surface area contributed by atoms with Gasteiger partial charge in [0.05, 0.1) is 0 Å². The van der Waals surface area contributed by atoms with Gasteiger partial charge in [0, 0.05) is 24.2 Å². The fourth-order valence-electron chi connectivity index (χ4n) is 1.50. The van der Waals surface area contributed by atoms with Crippen molar-refractivity contribution >= 4 is 5.78 Å². The Bertz CT molecular complexity index is 220. The van der Waals surface area contributed by atoms with E-state index >= 15 is 0 Å². The minimum Gasteiger partial charge on any atom is -0.386 e. The molecule has 1 aliphatic rings. The zero-order valence-corrected chi connectivity index (χ0v) is 8.76. The number of hydrogen-bond donors (Lipinski definition) is 1. The average Bonchev–Trinajstić information content (AvgIpc) is 2.49. The highest BCUT2D eigenvalue weighted by Gasteiger charge is 2.15. The molecule has 2 heteroatoms. The molecule has 74 valence electrons. The third kappa shape index (κ3) is 2.87. The van der Waals surface area contributed by atoms with E-state index in [-0.39, 0.29) is 5.78 Å². The molecule has 1 rings (SSSR count). The molecular weight excluding hydrogens is 162 g/mol. The van der Waals surface area contributed by atoms with Crippen LogP contribution >= 0.6 is 0 Å². The molecule has 1 aliphatic carbocycles. The van der Waals surface area contributed by atoms with Crippen LogP contribution in [0.1, 0.15) is 40.0 Å². The molecule has 2 unspecified atom stereocenters. The molecule has 0 saturated heterocycles. The summed E-state index contributed by atoms with van der Waals surface area (Å²) in [6.45, 7) is 6.60. The molecule has 0 radical (unpaired) electrons. The second-order valence-corrected chi connectivity index (χ2v) is 3.95. The molecule has 2 atom stereocenters. The largest absolute Gasteiger partial charge is 0.386 e. The second-order valence-electron chi connectivity index (χ2n) is 3.95. The van der Waals surface area contributed by atoms with Crippen LogP contribution in [0.4, 0.5) is 0 Å². The fourth-order valence-corrected chi connectivity index (χ4v) is 1.50. The van der Waals surface area contributed by atoms with Crippen molar-refractivity contribution in [3.05, 3.63) is 11.8 Å². The number of carbonyl (C=O) groups is 1. The number of carbonyl (C=O) groups excluding carboxylic acids is 1. The Hall–Kier alpha value is -0.790. The summed E-state index contributed by atoms with van der Waals surface area (Å²) >= 11 is 0. The van der Waals surface area contributed by atoms with E-state index in [2.05, 4.69) is 26.1 Å². The van der Waals surface area contributed by atoms with Gasteiger partial charge in [0.1, 0.15) is 0 Å². The van der Waals surface area contributed by atoms with Gasteiger partial charge in [-0.25, -0.2) is 0 Å². The van der Waals surface area contributed by atoms with Crippen LogP contribution in [-0.4, -0.2) is 11.8 Å². The molecular formula is C11H19NO. The molecule has 1 N–H and O–H groups in total. The third-order valence-corrected chi connectivity index (χ3v) is 2.89. The summed E-state index contributed by atoms with van der Waals surface area (Å²) in [6.07, 6.45) is 4.52. The fraction of sp³-hybridized carbons (Fsp3) is 0.727. The number of allylic oxidation sites excluding steroid dienone is 2. The molecule has 0 saturated carbocycles. The molecule has 0 aromatic carbocycles. The Morgan fingerprint density at radius 3 is 2.62 bits per heavy atom. The van der Waals surface area contributed by atoms with E-state index in [9.17, 15) is 4.79 Å². The Morgan fingerprint density at radius 2 is 2.15 bits per heavy atom. The summed E-state index contributed by atoms with van der Waals surface area (Å²) in [6, 6.07) is 0.474. The first-order chi connectivity index (χ1) is 6.13. The Balaban J connectivity index is 2.40. The summed E-state index contributed by atoms with van der Waals surface area (Å²) in [5.41, 5.74) is 1.12. The van der Waals surface area contributed by atoms with Gasteiger partial charge in [-0.2, -0.15) is 0 Å². The van der Waals surface area contributed by atoms with Gasteiger partial charge in [0.15, 0.2) is 5.78 Å². The first-order valence-electron chi connectivity index (χ1n) is 5.13. The highest BCUT2D eigenvalue weighted by Crippen LogP contribution is 2.15. The lowest BCUT2D eigenvalue weighted by molar-refractivity contribution is -0.114. The van der Waals surface area contributed by atoms with Gasteiger partial charge < -0.3 is 5.32 Å². The molecule has 0 aromatic rings. The van der Waals surface area contributed by atoms with E-state index < -0.39 is 0 Å². The number of nitrogens with one attached hydrogen (secondary N) is 1. The van der Waals surface area contributed by atoms with E-state index in [1.54, 1.807) is 6.08 Å². The molecule has 0 fully saturated rings. The molecule has 0 spiro atoms. The van der Waals surface area contributed by atoms with E-state index in [4.69, 9.17) is 0 Å². The summed E-state index contributed by atoms with van der Waals surface area (Å²) < 4.78 is 0. The van der Waals surface area contributed by atoms with E-state index in [1.165, 1.54) is 6.42 Å². The van der Waals surface area contributed by atoms with Gasteiger partial charge in [-0.15, -0.1) is 0 Å². The monoisotopic (exact) mass is 181 g/mol. The van der Waals surface area contributed by atoms with Crippen LogP contribution in [0.2, 0.25) is 0 Å². The van der Waals surface area contributed by atoms with Crippen LogP contribution in [0.3, 0.4) is 0 Å². The van der Waals surface area contributed by atoms with Gasteiger partial charge in [0.2, 0.25) is 0 Å². The van der Waals surface area contributed by atoms with Crippen molar-refractivity contribution in [2.24, 2.45) is 5.92 Å². The van der Waals surface area contributed by atoms with E-state index in [0.29, 0.717) is 18.4 Å². The minimum absolute atomic E-state index is 0.263. The Kier molecular flexibility index (Phi) is 3.52. The predicted octanol–water partition coefficient (Wildman–Crippen LogP) is 2.26. The lowest BCUT2D eigenvalue weighted by Crippen LogP contribution is -2.30. The zero-order valence-electron chi connectivity index (χ0n) is 8.76. The Morgan fingerprint density at radius 1 is 1.46 bits per heavy atom. The highest BCUT2D eigenvalue weighted by molar-refractivity contribution is 5.92. The normalized spacial score (nSPS) is 21.2. The lowest BCUT2D eigenvalue weighted by Gasteiger charge is -2.21. The summed E-state index contributed by atoms with van der Waals surface area (Å²) in [7, 11) is 0. The van der Waals surface area contributed by atoms with E-state index in [1.807, 2.05) is 0 Å². The van der Waals surface area contributed by atoms with Crippen LogP contribution in [0.5, 0.6) is 0 Å². The predicted molar refractivity (Wildman–Crippen MR) is 54.4 cm³/mol. The second kappa shape index (κ2) is 4.45. The molecule has 0 bridgehead atoms. The zero-order chi connectivity index (χ0) is 9.84. The van der Waals surface area contributed by atoms with Gasteiger partial charge in [0.25, 0.3) is 0 Å². The van der Waals surface area contributed by atoms with Gasteiger partial charge >= 0.3 is 0 Å². The van der Waals surface area contributed by atoms with Crippen LogP contribution in [0.25, 0.3) is 0 Å². The van der Waals surface area contributed by atoms with Crippen LogP contribution in [0.15, 0.2) is 11.8 Å². The SMILES string of the molecule is CCC(C)C(C)NC1=CC(=O)CC1. The van der Waals surface area contributed by atoms with Gasteiger partial charge in [-0.1, -0.05) is 20.3 Å². The molecule has 0 aliphatic heterocycles. The Labute approximate surface area is 80.4 Å². The van der Waals surface area contributed by atoms with Crippen LogP contribution < -0.4 is 5.32 Å². The van der Waals surface area contributed by atoms with Crippen molar-refractivity contribution in [3.63, 3.8) is 0 Å². The standard InChI is InChI=1S/C11H19NO/c1-4-8(2)9(3)12-10-5-6-11(13)7-10/h7-9,12H,4-6H2,1-3H3. The minimum atomic E-state index is 0.263. The maximum atomic E-state index is 11.0. The molecule has 2 nitrogen and oxygen atoms in total. The van der Waals surface area contributed by atoms with Crippen LogP contribution in [-0.2, 0) is 4.79 Å². The quantitative estimate of drug-likeness (QED) is 0.720. The maximum absolute atomic E-state index is 11.0. The molecule has 0 amide bonds. The summed E-state index contributed by atoms with van der Waals surface area (Å²) in [5.74, 6) is 0.926. The number of ketones is 1. The van der Waals surface area contributed by atoms with Crippen molar-refractivity contribution in [3.8, 4) is 0 Å². The van der Waals surface area contributed by atoms with Crippen molar-refractivity contribution in [2.75, 3.05) is 0 Å². The molecule has 0 heterocycles. The van der Waals surface area contributed by atoms with E-state index in [0.717, 1.165) is 12.1 Å². The van der Waals surface area contributed by atoms with Crippen molar-refractivity contribution < 1.29 is 4.79 Å². The number of hydrogen-bond acceptors (Lipinski definition) is 2. The smallest absolute Gasteiger partial charge is 0.157 e. The first-order valence-corrected chi connectivity index (χ1v) is 5.13. The van der Waals surface area contributed by atoms with Crippen molar-refractivity contribution in [1.29, 1.82) is 0 Å². The summed E-state index contributed by atoms with van der Waals surface area (Å²) in [4.78, 5) is 11.0. The number of rotatable bonds is 4. The van der Waals surface area contributed by atoms with Gasteiger partial charge in [-0.3, -0.25) is 4.79 Å². The first kappa shape index (κ1) is 10.3. The van der Waals surface area contributed by atoms with Crippen molar-refractivity contribution in [1.82, 2.24) is 5.32 Å². The van der Waals surface area contributed by atoms with Crippen LogP contribution in [0, 0.1) is 5.92 Å². The lowest BCUT2D eigenvalue weighted by atomic mass is 10.0. The average molecular weight is 181 g/mol. The summed E-state index contributed by atoms with van der Waals surface area (Å²) in [5, 5.41) is 3.40. The topological polar surface area (TPSA) is 29.1 Å². The third-order valence-electron chi connectivity index (χ3n) is 2.89. The van der Waals surface area contributed by atoms with Crippen molar-refractivity contribution in [2.45, 2.75) is 46.1 Å². The molecule has 0 aromatic heterocycles. The molecule has 13 heavy (non-hydrogen) atoms.